The van der Waals surface area contributed by atoms with Crippen LogP contribution >= 0.6 is 0 Å². The lowest BCUT2D eigenvalue weighted by atomic mass is 10.1. The Hall–Kier alpha value is -2.66. The number of carbonyl (C=O) groups is 1. The van der Waals surface area contributed by atoms with Gasteiger partial charge in [-0.1, -0.05) is 49.2 Å². The van der Waals surface area contributed by atoms with E-state index in [1.165, 1.54) is 0 Å². The van der Waals surface area contributed by atoms with Crippen LogP contribution in [0.3, 0.4) is 0 Å². The van der Waals surface area contributed by atoms with Crippen LogP contribution in [0.2, 0.25) is 0 Å². The van der Waals surface area contributed by atoms with Crippen molar-refractivity contribution in [3.05, 3.63) is 58.9 Å². The Balaban J connectivity index is 1.78. The fourth-order valence-electron chi connectivity index (χ4n) is 3.28. The first kappa shape index (κ1) is 17.2. The Morgan fingerprint density at radius 3 is 2.28 bits per heavy atom. The van der Waals surface area contributed by atoms with Gasteiger partial charge in [0.05, 0.1) is 5.52 Å². The standard InChI is InChI=1S/C20H22N2O3/c23-19(21-25)13-3-1-2-8-14-22-18-12-7-6-10-16(18)15-9-4-5-11-17(15)20(22)24/h4-7,9-12,25H,1-3,8,13-14H2,(H,21,23). The lowest BCUT2D eigenvalue weighted by Gasteiger charge is -2.13. The minimum atomic E-state index is -0.350. The molecule has 0 atom stereocenters. The first-order valence-corrected chi connectivity index (χ1v) is 8.65. The third-order valence-corrected chi connectivity index (χ3v) is 4.55. The molecule has 2 aromatic carbocycles. The Bertz CT molecular complexity index is 946. The van der Waals surface area contributed by atoms with Crippen LogP contribution < -0.4 is 11.0 Å². The van der Waals surface area contributed by atoms with Gasteiger partial charge in [0.25, 0.3) is 5.56 Å². The molecule has 0 radical (unpaired) electrons. The van der Waals surface area contributed by atoms with Crippen LogP contribution in [-0.2, 0) is 11.3 Å². The van der Waals surface area contributed by atoms with Gasteiger partial charge < -0.3 is 4.57 Å². The van der Waals surface area contributed by atoms with Crippen molar-refractivity contribution in [2.75, 3.05) is 0 Å². The van der Waals surface area contributed by atoms with Gasteiger partial charge in [0, 0.05) is 23.7 Å². The molecule has 0 saturated carbocycles. The van der Waals surface area contributed by atoms with Crippen molar-refractivity contribution in [3.8, 4) is 0 Å². The van der Waals surface area contributed by atoms with Crippen molar-refractivity contribution < 1.29 is 10.0 Å². The smallest absolute Gasteiger partial charge is 0.258 e. The van der Waals surface area contributed by atoms with E-state index < -0.39 is 0 Å². The van der Waals surface area contributed by atoms with E-state index in [1.54, 1.807) is 5.48 Å². The molecule has 0 aliphatic heterocycles. The number of carbonyl (C=O) groups excluding carboxylic acids is 1. The lowest BCUT2D eigenvalue weighted by molar-refractivity contribution is -0.129. The molecule has 3 aromatic rings. The zero-order valence-corrected chi connectivity index (χ0v) is 14.1. The van der Waals surface area contributed by atoms with Gasteiger partial charge in [-0.2, -0.15) is 0 Å². The summed E-state index contributed by atoms with van der Waals surface area (Å²) >= 11 is 0. The second-order valence-electron chi connectivity index (χ2n) is 6.22. The van der Waals surface area contributed by atoms with Crippen LogP contribution in [0.4, 0.5) is 0 Å². The molecule has 0 aliphatic rings. The summed E-state index contributed by atoms with van der Waals surface area (Å²) in [5.41, 5.74) is 2.66. The highest BCUT2D eigenvalue weighted by Crippen LogP contribution is 2.22. The van der Waals surface area contributed by atoms with E-state index >= 15 is 0 Å². The Morgan fingerprint density at radius 2 is 1.52 bits per heavy atom. The zero-order chi connectivity index (χ0) is 17.6. The molecule has 25 heavy (non-hydrogen) atoms. The van der Waals surface area contributed by atoms with Gasteiger partial charge in [-0.05, 0) is 30.4 Å². The van der Waals surface area contributed by atoms with Gasteiger partial charge in [-0.3, -0.25) is 14.8 Å². The maximum Gasteiger partial charge on any atom is 0.258 e. The third-order valence-electron chi connectivity index (χ3n) is 4.55. The molecule has 0 unspecified atom stereocenters. The summed E-state index contributed by atoms with van der Waals surface area (Å²) in [6, 6.07) is 15.7. The summed E-state index contributed by atoms with van der Waals surface area (Å²) in [6.45, 7) is 0.663. The number of amides is 1. The van der Waals surface area contributed by atoms with Gasteiger partial charge >= 0.3 is 0 Å². The predicted molar refractivity (Wildman–Crippen MR) is 98.7 cm³/mol. The SMILES string of the molecule is O=C(CCCCCCn1c(=O)c2ccccc2c2ccccc21)NO. The van der Waals surface area contributed by atoms with Crippen molar-refractivity contribution in [3.63, 3.8) is 0 Å². The van der Waals surface area contributed by atoms with Crippen molar-refractivity contribution in [1.29, 1.82) is 0 Å². The molecule has 0 spiro atoms. The highest BCUT2D eigenvalue weighted by Gasteiger charge is 2.09. The van der Waals surface area contributed by atoms with Crippen LogP contribution in [0, 0.1) is 0 Å². The fourth-order valence-corrected chi connectivity index (χ4v) is 3.28. The summed E-state index contributed by atoms with van der Waals surface area (Å²) in [5, 5.41) is 11.3. The normalized spacial score (nSPS) is 11.1. The molecular formula is C20H22N2O3. The summed E-state index contributed by atoms with van der Waals surface area (Å²) in [5.74, 6) is -0.350. The van der Waals surface area contributed by atoms with Crippen LogP contribution in [0.25, 0.3) is 21.7 Å². The van der Waals surface area contributed by atoms with Crippen LogP contribution in [0.5, 0.6) is 0 Å². The lowest BCUT2D eigenvalue weighted by Crippen LogP contribution is -2.21. The molecule has 1 amide bonds. The quantitative estimate of drug-likeness (QED) is 0.299. The largest absolute Gasteiger partial charge is 0.308 e. The number of benzene rings is 2. The highest BCUT2D eigenvalue weighted by atomic mass is 16.5. The first-order valence-electron chi connectivity index (χ1n) is 8.65. The number of pyridine rings is 1. The topological polar surface area (TPSA) is 71.3 Å². The summed E-state index contributed by atoms with van der Waals surface area (Å²) in [7, 11) is 0. The maximum atomic E-state index is 12.9. The minimum absolute atomic E-state index is 0.0500. The van der Waals surface area contributed by atoms with Gasteiger partial charge in [0.1, 0.15) is 0 Å². The molecule has 0 saturated heterocycles. The minimum Gasteiger partial charge on any atom is -0.308 e. The highest BCUT2D eigenvalue weighted by molar-refractivity contribution is 6.05. The fraction of sp³-hybridized carbons (Fsp3) is 0.300. The molecule has 5 nitrogen and oxygen atoms in total. The first-order chi connectivity index (χ1) is 12.2. The number of unbranched alkanes of at least 4 members (excludes halogenated alkanes) is 3. The number of fused-ring (bicyclic) bond motifs is 3. The van der Waals surface area contributed by atoms with Crippen molar-refractivity contribution in [2.24, 2.45) is 0 Å². The van der Waals surface area contributed by atoms with Gasteiger partial charge in [0.2, 0.25) is 5.91 Å². The molecule has 1 aromatic heterocycles. The van der Waals surface area contributed by atoms with Crippen molar-refractivity contribution in [2.45, 2.75) is 38.6 Å². The van der Waals surface area contributed by atoms with E-state index in [1.807, 2.05) is 47.0 Å². The number of nitrogens with zero attached hydrogens (tertiary/aromatic N) is 1. The molecule has 5 heteroatoms. The van der Waals surface area contributed by atoms with Crippen LogP contribution in [0.15, 0.2) is 53.3 Å². The van der Waals surface area contributed by atoms with Gasteiger partial charge in [0.15, 0.2) is 0 Å². The number of rotatable bonds is 7. The van der Waals surface area contributed by atoms with Gasteiger partial charge in [-0.15, -0.1) is 0 Å². The summed E-state index contributed by atoms with van der Waals surface area (Å²) < 4.78 is 1.86. The van der Waals surface area contributed by atoms with Crippen molar-refractivity contribution >= 4 is 27.6 Å². The van der Waals surface area contributed by atoms with E-state index in [4.69, 9.17) is 5.21 Å². The zero-order valence-electron chi connectivity index (χ0n) is 14.1. The summed E-state index contributed by atoms with van der Waals surface area (Å²) in [4.78, 5) is 23.8. The molecule has 0 bridgehead atoms. The number of nitrogens with one attached hydrogen (secondary N) is 1. The maximum absolute atomic E-state index is 12.9. The molecule has 2 N–H and O–H groups in total. The molecule has 130 valence electrons. The molecular weight excluding hydrogens is 316 g/mol. The number of hydroxylamine groups is 1. The number of hydrogen-bond acceptors (Lipinski definition) is 3. The van der Waals surface area contributed by atoms with E-state index in [0.717, 1.165) is 47.4 Å². The second kappa shape index (κ2) is 7.94. The number of aromatic nitrogens is 1. The van der Waals surface area contributed by atoms with Gasteiger partial charge in [-0.25, -0.2) is 5.48 Å². The van der Waals surface area contributed by atoms with E-state index in [-0.39, 0.29) is 11.5 Å². The Labute approximate surface area is 145 Å². The number of para-hydroxylation sites is 1. The average molecular weight is 338 g/mol. The van der Waals surface area contributed by atoms with E-state index in [2.05, 4.69) is 6.07 Å². The third kappa shape index (κ3) is 3.72. The molecule has 0 aliphatic carbocycles. The van der Waals surface area contributed by atoms with E-state index in [0.29, 0.717) is 13.0 Å². The number of hydrogen-bond donors (Lipinski definition) is 2. The monoisotopic (exact) mass is 338 g/mol. The van der Waals surface area contributed by atoms with E-state index in [9.17, 15) is 9.59 Å². The van der Waals surface area contributed by atoms with Crippen molar-refractivity contribution in [1.82, 2.24) is 10.0 Å². The Morgan fingerprint density at radius 1 is 0.880 bits per heavy atom. The molecule has 1 heterocycles. The van der Waals surface area contributed by atoms with Crippen LogP contribution in [-0.4, -0.2) is 15.7 Å². The summed E-state index contributed by atoms with van der Waals surface area (Å²) in [6.07, 6.45) is 3.78. The average Bonchev–Trinajstić information content (AvgIpc) is 2.66. The van der Waals surface area contributed by atoms with Crippen LogP contribution in [0.1, 0.15) is 32.1 Å². The predicted octanol–water partition coefficient (Wildman–Crippen LogP) is 3.61. The molecule has 0 fully saturated rings. The Kier molecular flexibility index (Phi) is 5.46. The number of aryl methyl sites for hydroxylation is 1. The molecule has 3 rings (SSSR count). The second-order valence-corrected chi connectivity index (χ2v) is 6.22.